The van der Waals surface area contributed by atoms with Crippen LogP contribution in [-0.2, 0) is 4.74 Å². The summed E-state index contributed by atoms with van der Waals surface area (Å²) in [6.45, 7) is 7.39. The van der Waals surface area contributed by atoms with Gasteiger partial charge in [-0.25, -0.2) is 0 Å². The van der Waals surface area contributed by atoms with Crippen molar-refractivity contribution in [1.82, 2.24) is 0 Å². The standard InChI is InChI=1S/C13H20O/c1-5-10-14-11-9-13(4)8-6-7-12(2)3/h1,7,9H,6,8,10-11H2,2-4H3/b13-9+. The van der Waals surface area contributed by atoms with Crippen molar-refractivity contribution in [1.29, 1.82) is 0 Å². The zero-order valence-corrected chi connectivity index (χ0v) is 9.47. The maximum absolute atomic E-state index is 5.15. The van der Waals surface area contributed by atoms with Gasteiger partial charge in [0.1, 0.15) is 6.61 Å². The summed E-state index contributed by atoms with van der Waals surface area (Å²) in [5, 5.41) is 0. The first-order chi connectivity index (χ1) is 6.66. The average molecular weight is 192 g/mol. The van der Waals surface area contributed by atoms with Crippen LogP contribution in [0, 0.1) is 12.3 Å². The van der Waals surface area contributed by atoms with Gasteiger partial charge in [-0.2, -0.15) is 0 Å². The molecule has 0 aliphatic carbocycles. The van der Waals surface area contributed by atoms with Crippen LogP contribution in [-0.4, -0.2) is 13.2 Å². The molecule has 1 nitrogen and oxygen atoms in total. The molecule has 0 fully saturated rings. The fraction of sp³-hybridized carbons (Fsp3) is 0.538. The Morgan fingerprint density at radius 3 is 2.57 bits per heavy atom. The third-order valence-corrected chi connectivity index (χ3v) is 1.83. The zero-order chi connectivity index (χ0) is 10.8. The summed E-state index contributed by atoms with van der Waals surface area (Å²) in [5.74, 6) is 2.44. The Morgan fingerprint density at radius 1 is 1.29 bits per heavy atom. The number of hydrogen-bond acceptors (Lipinski definition) is 1. The maximum Gasteiger partial charge on any atom is 0.107 e. The molecule has 0 atom stereocenters. The molecule has 14 heavy (non-hydrogen) atoms. The van der Waals surface area contributed by atoms with Gasteiger partial charge in [0, 0.05) is 0 Å². The van der Waals surface area contributed by atoms with Gasteiger partial charge in [0.2, 0.25) is 0 Å². The van der Waals surface area contributed by atoms with E-state index in [1.165, 1.54) is 11.1 Å². The Balaban J connectivity index is 3.58. The lowest BCUT2D eigenvalue weighted by Gasteiger charge is -1.99. The second-order valence-corrected chi connectivity index (χ2v) is 3.59. The SMILES string of the molecule is C#CCOC/C=C(\C)CCC=C(C)C. The quantitative estimate of drug-likeness (QED) is 0.356. The van der Waals surface area contributed by atoms with Gasteiger partial charge in [-0.15, -0.1) is 6.42 Å². The minimum atomic E-state index is 0.401. The van der Waals surface area contributed by atoms with Gasteiger partial charge < -0.3 is 4.74 Å². The molecule has 78 valence electrons. The molecule has 0 N–H and O–H groups in total. The van der Waals surface area contributed by atoms with Gasteiger partial charge in [-0.3, -0.25) is 0 Å². The van der Waals surface area contributed by atoms with Crippen LogP contribution < -0.4 is 0 Å². The Morgan fingerprint density at radius 2 is 2.00 bits per heavy atom. The van der Waals surface area contributed by atoms with Crippen LogP contribution in [0.2, 0.25) is 0 Å². The van der Waals surface area contributed by atoms with Gasteiger partial charge >= 0.3 is 0 Å². The van der Waals surface area contributed by atoms with E-state index in [9.17, 15) is 0 Å². The number of allylic oxidation sites excluding steroid dienone is 3. The number of terminal acetylenes is 1. The molecule has 0 saturated heterocycles. The lowest BCUT2D eigenvalue weighted by atomic mass is 10.1. The van der Waals surface area contributed by atoms with Crippen molar-refractivity contribution in [2.45, 2.75) is 33.6 Å². The van der Waals surface area contributed by atoms with E-state index in [0.717, 1.165) is 12.8 Å². The van der Waals surface area contributed by atoms with E-state index in [0.29, 0.717) is 13.2 Å². The van der Waals surface area contributed by atoms with E-state index in [1.807, 2.05) is 0 Å². The monoisotopic (exact) mass is 192 g/mol. The second kappa shape index (κ2) is 8.59. The van der Waals surface area contributed by atoms with Gasteiger partial charge in [-0.05, 0) is 33.6 Å². The highest BCUT2D eigenvalue weighted by molar-refractivity contribution is 5.02. The predicted octanol–water partition coefficient (Wildman–Crippen LogP) is 3.33. The molecule has 0 bridgehead atoms. The van der Waals surface area contributed by atoms with Gasteiger partial charge in [0.25, 0.3) is 0 Å². The Kier molecular flexibility index (Phi) is 7.98. The van der Waals surface area contributed by atoms with Crippen molar-refractivity contribution < 1.29 is 4.74 Å². The van der Waals surface area contributed by atoms with Crippen LogP contribution in [0.1, 0.15) is 33.6 Å². The van der Waals surface area contributed by atoms with Crippen molar-refractivity contribution in [2.75, 3.05) is 13.2 Å². The topological polar surface area (TPSA) is 9.23 Å². The van der Waals surface area contributed by atoms with Gasteiger partial charge in [0.15, 0.2) is 0 Å². The van der Waals surface area contributed by atoms with E-state index in [4.69, 9.17) is 11.2 Å². The molecule has 0 aliphatic rings. The summed E-state index contributed by atoms with van der Waals surface area (Å²) in [4.78, 5) is 0. The summed E-state index contributed by atoms with van der Waals surface area (Å²) >= 11 is 0. The van der Waals surface area contributed by atoms with E-state index in [2.05, 4.69) is 38.8 Å². The lowest BCUT2D eigenvalue weighted by molar-refractivity contribution is 0.198. The molecule has 0 saturated carbocycles. The van der Waals surface area contributed by atoms with Crippen LogP contribution in [0.5, 0.6) is 0 Å². The Bertz CT molecular complexity index is 236. The minimum absolute atomic E-state index is 0.401. The molecule has 0 radical (unpaired) electrons. The lowest BCUT2D eigenvalue weighted by Crippen LogP contribution is -1.91. The van der Waals surface area contributed by atoms with Crippen molar-refractivity contribution in [3.63, 3.8) is 0 Å². The molecule has 0 amide bonds. The van der Waals surface area contributed by atoms with Gasteiger partial charge in [0.05, 0.1) is 6.61 Å². The first kappa shape index (κ1) is 13.0. The first-order valence-corrected chi connectivity index (χ1v) is 4.97. The van der Waals surface area contributed by atoms with Crippen molar-refractivity contribution in [3.8, 4) is 12.3 Å². The summed E-state index contributed by atoms with van der Waals surface area (Å²) in [6.07, 6.45) is 11.6. The number of ether oxygens (including phenoxy) is 1. The third-order valence-electron chi connectivity index (χ3n) is 1.83. The fourth-order valence-corrected chi connectivity index (χ4v) is 1.01. The highest BCUT2D eigenvalue weighted by Crippen LogP contribution is 2.06. The van der Waals surface area contributed by atoms with E-state index in [-0.39, 0.29) is 0 Å². The Labute approximate surface area is 87.9 Å². The summed E-state index contributed by atoms with van der Waals surface area (Å²) < 4.78 is 5.15. The van der Waals surface area contributed by atoms with E-state index in [1.54, 1.807) is 0 Å². The van der Waals surface area contributed by atoms with Crippen LogP contribution in [0.25, 0.3) is 0 Å². The van der Waals surface area contributed by atoms with Crippen molar-refractivity contribution in [2.24, 2.45) is 0 Å². The molecule has 0 aliphatic heterocycles. The molecular formula is C13H20O. The first-order valence-electron chi connectivity index (χ1n) is 4.97. The summed E-state index contributed by atoms with van der Waals surface area (Å²) in [5.41, 5.74) is 2.74. The average Bonchev–Trinajstić information content (AvgIpc) is 2.12. The number of hydrogen-bond donors (Lipinski definition) is 0. The summed E-state index contributed by atoms with van der Waals surface area (Å²) in [7, 11) is 0. The van der Waals surface area contributed by atoms with E-state index >= 15 is 0 Å². The highest BCUT2D eigenvalue weighted by Gasteiger charge is 1.88. The molecule has 0 aromatic heterocycles. The smallest absolute Gasteiger partial charge is 0.107 e. The van der Waals surface area contributed by atoms with Crippen molar-refractivity contribution in [3.05, 3.63) is 23.3 Å². The fourth-order valence-electron chi connectivity index (χ4n) is 1.01. The zero-order valence-electron chi connectivity index (χ0n) is 9.47. The van der Waals surface area contributed by atoms with E-state index < -0.39 is 0 Å². The molecule has 0 aromatic carbocycles. The van der Waals surface area contributed by atoms with Gasteiger partial charge in [-0.1, -0.05) is 29.2 Å². The summed E-state index contributed by atoms with van der Waals surface area (Å²) in [6, 6.07) is 0. The van der Waals surface area contributed by atoms with Crippen molar-refractivity contribution >= 4 is 0 Å². The highest BCUT2D eigenvalue weighted by atomic mass is 16.5. The molecule has 1 heteroatoms. The predicted molar refractivity (Wildman–Crippen MR) is 62.1 cm³/mol. The molecule has 0 heterocycles. The number of rotatable bonds is 6. The maximum atomic E-state index is 5.15. The van der Waals surface area contributed by atoms with Crippen LogP contribution in [0.15, 0.2) is 23.3 Å². The van der Waals surface area contributed by atoms with Crippen LogP contribution in [0.4, 0.5) is 0 Å². The molecule has 0 rings (SSSR count). The minimum Gasteiger partial charge on any atom is -0.365 e. The normalized spacial score (nSPS) is 10.9. The van der Waals surface area contributed by atoms with Crippen LogP contribution in [0.3, 0.4) is 0 Å². The molecule has 0 aromatic rings. The molecule has 0 spiro atoms. The molecular weight excluding hydrogens is 172 g/mol. The molecule has 0 unspecified atom stereocenters. The Hall–Kier alpha value is -1.00. The van der Waals surface area contributed by atoms with Crippen LogP contribution >= 0.6 is 0 Å². The largest absolute Gasteiger partial charge is 0.365 e. The third kappa shape index (κ3) is 9.09. The second-order valence-electron chi connectivity index (χ2n) is 3.59.